The summed E-state index contributed by atoms with van der Waals surface area (Å²) in [6, 6.07) is 0. The molecule has 10 heteroatoms. The largest absolute Gasteiger partial charge is 0.472 e. The van der Waals surface area contributed by atoms with E-state index in [0.29, 0.717) is 17.4 Å². The summed E-state index contributed by atoms with van der Waals surface area (Å²) in [5.74, 6) is -0.811. The number of esters is 2. The van der Waals surface area contributed by atoms with E-state index < -0.39 is 26.5 Å². The van der Waals surface area contributed by atoms with Gasteiger partial charge >= 0.3 is 19.8 Å². The number of nitrogens with zero attached hydrogens (tertiary/aromatic N) is 1. The Morgan fingerprint density at radius 3 is 1.09 bits per heavy atom. The molecule has 0 spiro atoms. The molecule has 0 aliphatic carbocycles. The molecule has 9 nitrogen and oxygen atoms in total. The minimum atomic E-state index is -4.40. The number of phosphoric ester groups is 1. The molecular formula is C68H119NO8P+. The van der Waals surface area contributed by atoms with E-state index in [0.717, 1.165) is 103 Å². The number of unbranched alkanes of at least 4 members (excludes halogenated alkanes) is 25. The predicted molar refractivity (Wildman–Crippen MR) is 335 cm³/mol. The number of carbonyl (C=O) groups is 2. The quantitative estimate of drug-likeness (QED) is 0.0211. The van der Waals surface area contributed by atoms with Crippen molar-refractivity contribution in [3.63, 3.8) is 0 Å². The average Bonchev–Trinajstić information content (AvgIpc) is 3.41. The Bertz CT molecular complexity index is 1680. The van der Waals surface area contributed by atoms with Crippen molar-refractivity contribution in [2.24, 2.45) is 0 Å². The first kappa shape index (κ1) is 74.7. The van der Waals surface area contributed by atoms with Gasteiger partial charge in [-0.15, -0.1) is 0 Å². The lowest BCUT2D eigenvalue weighted by Crippen LogP contribution is -2.37. The van der Waals surface area contributed by atoms with Crippen LogP contribution in [-0.4, -0.2) is 74.9 Å². The van der Waals surface area contributed by atoms with Gasteiger partial charge in [-0.1, -0.05) is 252 Å². The van der Waals surface area contributed by atoms with Gasteiger partial charge in [0.2, 0.25) is 0 Å². The highest BCUT2D eigenvalue weighted by Crippen LogP contribution is 2.43. The monoisotopic (exact) mass is 1110 g/mol. The van der Waals surface area contributed by atoms with E-state index in [1.54, 1.807) is 0 Å². The van der Waals surface area contributed by atoms with Gasteiger partial charge in [-0.05, 0) is 103 Å². The molecule has 448 valence electrons. The van der Waals surface area contributed by atoms with Crippen LogP contribution in [0, 0.1) is 0 Å². The van der Waals surface area contributed by atoms with Gasteiger partial charge in [0.1, 0.15) is 19.8 Å². The molecule has 0 heterocycles. The number of hydrogen-bond donors (Lipinski definition) is 1. The molecule has 0 aliphatic heterocycles. The molecule has 0 aromatic heterocycles. The first-order chi connectivity index (χ1) is 38.0. The summed E-state index contributed by atoms with van der Waals surface area (Å²) in [4.78, 5) is 35.7. The van der Waals surface area contributed by atoms with Crippen LogP contribution < -0.4 is 0 Å². The van der Waals surface area contributed by atoms with Crippen LogP contribution in [0.3, 0.4) is 0 Å². The lowest BCUT2D eigenvalue weighted by molar-refractivity contribution is -0.870. The van der Waals surface area contributed by atoms with Gasteiger partial charge in [0, 0.05) is 12.8 Å². The molecule has 0 aromatic carbocycles. The Hall–Kier alpha value is -3.33. The van der Waals surface area contributed by atoms with Crippen LogP contribution in [0.5, 0.6) is 0 Å². The molecule has 78 heavy (non-hydrogen) atoms. The van der Waals surface area contributed by atoms with E-state index >= 15 is 0 Å². The van der Waals surface area contributed by atoms with E-state index in [1.165, 1.54) is 122 Å². The molecule has 0 rings (SSSR count). The van der Waals surface area contributed by atoms with Crippen LogP contribution >= 0.6 is 7.82 Å². The minimum Gasteiger partial charge on any atom is -0.462 e. The smallest absolute Gasteiger partial charge is 0.462 e. The summed E-state index contributed by atoms with van der Waals surface area (Å²) < 4.78 is 34.6. The predicted octanol–water partition coefficient (Wildman–Crippen LogP) is 20.2. The molecule has 0 saturated carbocycles. The number of phosphoric acid groups is 1. The van der Waals surface area contributed by atoms with E-state index in [4.69, 9.17) is 18.5 Å². The van der Waals surface area contributed by atoms with Crippen molar-refractivity contribution in [1.29, 1.82) is 0 Å². The molecular weight excluding hydrogens is 990 g/mol. The van der Waals surface area contributed by atoms with E-state index in [-0.39, 0.29) is 32.0 Å². The standard InChI is InChI=1S/C68H118NO8P/c1-6-8-10-12-14-16-18-20-22-24-26-27-28-29-30-31-32-33-34-35-36-37-38-39-40-41-43-45-47-49-51-53-55-57-59-61-68(71)77-66(65-76-78(72,73)75-63-62-69(3,4)5)64-74-67(70)60-58-56-54-52-50-48-46-44-42-25-23-21-19-17-15-13-11-9-7-2/h8,10,14-17,20-23,26-27,29-30,32-33,42,44,66H,6-7,9,11-13,18-19,24-25,28,31,34-41,43,45-65H2,1-5H3/p+1/b10-8-,16-14-,17-15-,22-20-,23-21-,27-26-,30-29-,33-32-,44-42-. The van der Waals surface area contributed by atoms with Crippen molar-refractivity contribution in [2.45, 2.75) is 264 Å². The molecule has 0 aromatic rings. The third-order valence-corrected chi connectivity index (χ3v) is 14.3. The minimum absolute atomic E-state index is 0.0256. The van der Waals surface area contributed by atoms with Crippen LogP contribution in [0.25, 0.3) is 0 Å². The first-order valence-corrected chi connectivity index (χ1v) is 33.1. The molecule has 2 unspecified atom stereocenters. The van der Waals surface area contributed by atoms with Gasteiger partial charge in [0.05, 0.1) is 27.7 Å². The maximum absolute atomic E-state index is 12.8. The summed E-state index contributed by atoms with van der Waals surface area (Å²) in [6.45, 7) is 4.28. The van der Waals surface area contributed by atoms with Gasteiger partial charge < -0.3 is 18.9 Å². The molecule has 0 saturated heterocycles. The van der Waals surface area contributed by atoms with Gasteiger partial charge in [0.25, 0.3) is 0 Å². The Morgan fingerprint density at radius 2 is 0.731 bits per heavy atom. The van der Waals surface area contributed by atoms with E-state index in [1.807, 2.05) is 21.1 Å². The van der Waals surface area contributed by atoms with Crippen molar-refractivity contribution >= 4 is 19.8 Å². The number of quaternary nitrogens is 1. The number of likely N-dealkylation sites (N-methyl/N-ethyl adjacent to an activating group) is 1. The van der Waals surface area contributed by atoms with Crippen molar-refractivity contribution in [1.82, 2.24) is 0 Å². The zero-order chi connectivity index (χ0) is 57.0. The summed E-state index contributed by atoms with van der Waals surface area (Å²) in [6.07, 6.45) is 81.7. The lowest BCUT2D eigenvalue weighted by Gasteiger charge is -2.24. The molecule has 0 radical (unpaired) electrons. The molecule has 0 aliphatic rings. The van der Waals surface area contributed by atoms with Gasteiger partial charge in [-0.25, -0.2) is 4.57 Å². The second-order valence-corrected chi connectivity index (χ2v) is 23.5. The van der Waals surface area contributed by atoms with Gasteiger partial charge in [-0.3, -0.25) is 18.6 Å². The second kappa shape index (κ2) is 58.3. The summed E-state index contributed by atoms with van der Waals surface area (Å²) in [7, 11) is 1.46. The number of rotatable bonds is 57. The van der Waals surface area contributed by atoms with Gasteiger partial charge in [-0.2, -0.15) is 0 Å². The van der Waals surface area contributed by atoms with Crippen LogP contribution in [0.15, 0.2) is 109 Å². The molecule has 0 fully saturated rings. The van der Waals surface area contributed by atoms with Crippen molar-refractivity contribution in [2.75, 3.05) is 47.5 Å². The first-order valence-electron chi connectivity index (χ1n) is 31.6. The third-order valence-electron chi connectivity index (χ3n) is 13.3. The highest BCUT2D eigenvalue weighted by Gasteiger charge is 2.27. The van der Waals surface area contributed by atoms with Crippen LogP contribution in [0.1, 0.15) is 258 Å². The zero-order valence-corrected chi connectivity index (χ0v) is 51.8. The molecule has 0 amide bonds. The number of allylic oxidation sites excluding steroid dienone is 18. The van der Waals surface area contributed by atoms with Crippen molar-refractivity contribution in [3.8, 4) is 0 Å². The summed E-state index contributed by atoms with van der Waals surface area (Å²) in [5.41, 5.74) is 0. The molecule has 2 atom stereocenters. The zero-order valence-electron chi connectivity index (χ0n) is 50.9. The fraction of sp³-hybridized carbons (Fsp3) is 0.706. The van der Waals surface area contributed by atoms with Crippen LogP contribution in [0.2, 0.25) is 0 Å². The number of carbonyl (C=O) groups excluding carboxylic acids is 2. The Kier molecular flexibility index (Phi) is 55.8. The third kappa shape index (κ3) is 61.9. The Balaban J connectivity index is 4.08. The van der Waals surface area contributed by atoms with Crippen LogP contribution in [0.4, 0.5) is 0 Å². The maximum Gasteiger partial charge on any atom is 0.472 e. The Labute approximate surface area is 480 Å². The fourth-order valence-corrected chi connectivity index (χ4v) is 9.18. The maximum atomic E-state index is 12.8. The van der Waals surface area contributed by atoms with Crippen LogP contribution in [-0.2, 0) is 32.7 Å². The number of ether oxygens (including phenoxy) is 2. The van der Waals surface area contributed by atoms with E-state index in [2.05, 4.69) is 123 Å². The summed E-state index contributed by atoms with van der Waals surface area (Å²) >= 11 is 0. The molecule has 1 N–H and O–H groups in total. The van der Waals surface area contributed by atoms with Crippen molar-refractivity contribution < 1.29 is 42.1 Å². The van der Waals surface area contributed by atoms with Crippen molar-refractivity contribution in [3.05, 3.63) is 109 Å². The number of hydrogen-bond acceptors (Lipinski definition) is 7. The average molecular weight is 1110 g/mol. The lowest BCUT2D eigenvalue weighted by atomic mass is 10.0. The normalized spacial score (nSPS) is 14.0. The highest BCUT2D eigenvalue weighted by molar-refractivity contribution is 7.47. The molecule has 0 bridgehead atoms. The summed E-state index contributed by atoms with van der Waals surface area (Å²) in [5, 5.41) is 0. The second-order valence-electron chi connectivity index (χ2n) is 22.1. The SMILES string of the molecule is CC/C=C\C/C=C\C/C=C\C/C=C\C/C=C\C/C=C\CCCCCCCCCCCCCCCCCCC(=O)OC(COC(=O)CCCCCCCC/C=C\C/C=C\C/C=C\CCCCC)COP(=O)(O)OCC[N+](C)(C)C. The topological polar surface area (TPSA) is 108 Å². The van der Waals surface area contributed by atoms with Gasteiger partial charge in [0.15, 0.2) is 6.10 Å². The van der Waals surface area contributed by atoms with E-state index in [9.17, 15) is 19.0 Å². The fourth-order valence-electron chi connectivity index (χ4n) is 8.44. The highest BCUT2D eigenvalue weighted by atomic mass is 31.2. The Morgan fingerprint density at radius 1 is 0.410 bits per heavy atom.